The Morgan fingerprint density at radius 3 is 2.62 bits per heavy atom. The van der Waals surface area contributed by atoms with Crippen LogP contribution in [0.1, 0.15) is 35.6 Å². The number of nitrogens with one attached hydrogen (secondary N) is 1. The number of hydrogen-bond donors (Lipinski definition) is 2. The van der Waals surface area contributed by atoms with Crippen LogP contribution >= 0.6 is 0 Å². The van der Waals surface area contributed by atoms with E-state index in [0.717, 1.165) is 12.8 Å². The Bertz CT molecular complexity index is 918. The van der Waals surface area contributed by atoms with Gasteiger partial charge in [0.15, 0.2) is 17.1 Å². The summed E-state index contributed by atoms with van der Waals surface area (Å²) in [4.78, 5) is 28.3. The lowest BCUT2D eigenvalue weighted by atomic mass is 9.99. The topological polar surface area (TPSA) is 73.4 Å². The first-order valence-corrected chi connectivity index (χ1v) is 8.01. The lowest BCUT2D eigenvalue weighted by molar-refractivity contribution is 0.147. The summed E-state index contributed by atoms with van der Waals surface area (Å²) in [5.74, 6) is -1.98. The van der Waals surface area contributed by atoms with Crippen LogP contribution in [0, 0.1) is 11.6 Å². The predicted octanol–water partition coefficient (Wildman–Crippen LogP) is 2.76. The number of hydrogen-bond acceptors (Lipinski definition) is 2. The molecule has 1 aliphatic heterocycles. The van der Waals surface area contributed by atoms with E-state index in [1.165, 1.54) is 11.0 Å². The molecule has 126 valence electrons. The minimum atomic E-state index is -1.13. The van der Waals surface area contributed by atoms with Gasteiger partial charge in [-0.3, -0.25) is 4.79 Å². The van der Waals surface area contributed by atoms with Crippen LogP contribution in [0.15, 0.2) is 10.9 Å². The van der Waals surface area contributed by atoms with Gasteiger partial charge in [0.05, 0.1) is 10.9 Å². The van der Waals surface area contributed by atoms with Gasteiger partial charge < -0.3 is 15.0 Å². The summed E-state index contributed by atoms with van der Waals surface area (Å²) in [7, 11) is 0. The Balaban J connectivity index is 1.95. The molecule has 0 saturated heterocycles. The predicted molar refractivity (Wildman–Crippen MR) is 83.5 cm³/mol. The first-order valence-electron chi connectivity index (χ1n) is 8.01. The maximum atomic E-state index is 14.3. The second-order valence-corrected chi connectivity index (χ2v) is 6.47. The smallest absolute Gasteiger partial charge is 0.407 e. The summed E-state index contributed by atoms with van der Waals surface area (Å²) in [6, 6.07) is 1.18. The molecule has 2 aliphatic rings. The van der Waals surface area contributed by atoms with Gasteiger partial charge in [0.2, 0.25) is 0 Å². The number of pyridine rings is 1. The molecule has 1 aromatic carbocycles. The molecular formula is C17H16F2N2O3. The van der Waals surface area contributed by atoms with Crippen molar-refractivity contribution < 1.29 is 18.7 Å². The van der Waals surface area contributed by atoms with Crippen molar-refractivity contribution in [3.05, 3.63) is 44.7 Å². The van der Waals surface area contributed by atoms with Crippen molar-refractivity contribution in [3.8, 4) is 0 Å². The molecule has 1 aromatic heterocycles. The number of halogens is 2. The number of nitrogens with zero attached hydrogens (tertiary/aromatic N) is 1. The zero-order chi connectivity index (χ0) is 17.0. The highest BCUT2D eigenvalue weighted by molar-refractivity contribution is 5.84. The second-order valence-electron chi connectivity index (χ2n) is 6.47. The fourth-order valence-corrected chi connectivity index (χ4v) is 3.50. The Morgan fingerprint density at radius 1 is 1.25 bits per heavy atom. The molecule has 1 aliphatic carbocycles. The number of H-pyrrole nitrogens is 1. The van der Waals surface area contributed by atoms with Crippen LogP contribution in [0.4, 0.5) is 13.6 Å². The summed E-state index contributed by atoms with van der Waals surface area (Å²) in [5.41, 5.74) is 1.47. The first-order chi connectivity index (χ1) is 11.5. The number of rotatable bonds is 1. The maximum Gasteiger partial charge on any atom is 0.407 e. The van der Waals surface area contributed by atoms with Crippen molar-refractivity contribution in [1.29, 1.82) is 0 Å². The van der Waals surface area contributed by atoms with Gasteiger partial charge in [0.1, 0.15) is 0 Å². The number of amides is 1. The summed E-state index contributed by atoms with van der Waals surface area (Å²) in [6.07, 6.45) is 1.30. The van der Waals surface area contributed by atoms with Crippen LogP contribution < -0.4 is 5.43 Å². The van der Waals surface area contributed by atoms with Crippen molar-refractivity contribution in [2.45, 2.75) is 31.6 Å². The molecule has 2 N–H and O–H groups in total. The van der Waals surface area contributed by atoms with Crippen molar-refractivity contribution in [3.63, 3.8) is 0 Å². The second kappa shape index (κ2) is 5.29. The quantitative estimate of drug-likeness (QED) is 0.842. The van der Waals surface area contributed by atoms with Crippen LogP contribution in [-0.4, -0.2) is 34.2 Å². The van der Waals surface area contributed by atoms with Crippen LogP contribution in [0.2, 0.25) is 0 Å². The van der Waals surface area contributed by atoms with E-state index < -0.39 is 23.2 Å². The van der Waals surface area contributed by atoms with Crippen LogP contribution in [0.5, 0.6) is 0 Å². The fourth-order valence-electron chi connectivity index (χ4n) is 3.50. The van der Waals surface area contributed by atoms with Crippen molar-refractivity contribution in [2.24, 2.45) is 0 Å². The first kappa shape index (κ1) is 15.1. The Morgan fingerprint density at radius 2 is 1.96 bits per heavy atom. The molecule has 2 heterocycles. The van der Waals surface area contributed by atoms with Gasteiger partial charge in [0, 0.05) is 30.8 Å². The van der Waals surface area contributed by atoms with Crippen molar-refractivity contribution >= 4 is 17.0 Å². The number of carbonyl (C=O) groups is 1. The SMILES string of the molecule is O=C(O)N1CCc2[nH]c3c(C4CC4)cc(F)c(F)c3c(=O)c2CC1. The lowest BCUT2D eigenvalue weighted by Crippen LogP contribution is -2.31. The highest BCUT2D eigenvalue weighted by Gasteiger charge is 2.30. The monoisotopic (exact) mass is 334 g/mol. The molecule has 1 amide bonds. The van der Waals surface area contributed by atoms with Crippen LogP contribution in [0.25, 0.3) is 10.9 Å². The summed E-state index contributed by atoms with van der Waals surface area (Å²) < 4.78 is 28.2. The largest absolute Gasteiger partial charge is 0.465 e. The van der Waals surface area contributed by atoms with E-state index in [1.54, 1.807) is 0 Å². The molecule has 0 radical (unpaired) electrons. The fraction of sp³-hybridized carbons (Fsp3) is 0.412. The zero-order valence-electron chi connectivity index (χ0n) is 12.9. The Kier molecular flexibility index (Phi) is 3.33. The standard InChI is InChI=1S/C17H16F2N2O3/c18-11-7-10(8-1-2-8)15-13(14(11)19)16(22)9-3-5-21(17(23)24)6-4-12(9)20-15/h7-8H,1-6H2,(H,20,22)(H,23,24). The van der Waals surface area contributed by atoms with Crippen LogP contribution in [0.3, 0.4) is 0 Å². The summed E-state index contributed by atoms with van der Waals surface area (Å²) >= 11 is 0. The molecule has 2 aromatic rings. The molecule has 24 heavy (non-hydrogen) atoms. The molecule has 0 atom stereocenters. The number of carboxylic acid groups (broad SMARTS) is 1. The Hall–Kier alpha value is -2.44. The summed E-state index contributed by atoms with van der Waals surface area (Å²) in [6.45, 7) is 0.440. The van der Waals surface area contributed by atoms with Crippen LogP contribution in [-0.2, 0) is 12.8 Å². The molecule has 7 heteroatoms. The molecule has 5 nitrogen and oxygen atoms in total. The molecule has 0 unspecified atom stereocenters. The molecular weight excluding hydrogens is 318 g/mol. The van der Waals surface area contributed by atoms with Gasteiger partial charge in [-0.2, -0.15) is 0 Å². The molecule has 1 saturated carbocycles. The van der Waals surface area contributed by atoms with Crippen molar-refractivity contribution in [2.75, 3.05) is 13.1 Å². The van der Waals surface area contributed by atoms with E-state index in [1.807, 2.05) is 0 Å². The van der Waals surface area contributed by atoms with Gasteiger partial charge in [-0.15, -0.1) is 0 Å². The highest BCUT2D eigenvalue weighted by Crippen LogP contribution is 2.43. The Labute approximate surface area is 135 Å². The summed E-state index contributed by atoms with van der Waals surface area (Å²) in [5, 5.41) is 8.90. The van der Waals surface area contributed by atoms with Gasteiger partial charge in [-0.1, -0.05) is 0 Å². The third-order valence-corrected chi connectivity index (χ3v) is 4.94. The minimum absolute atomic E-state index is 0.151. The molecule has 0 bridgehead atoms. The zero-order valence-corrected chi connectivity index (χ0v) is 12.9. The van der Waals surface area contributed by atoms with Gasteiger partial charge >= 0.3 is 6.09 Å². The van der Waals surface area contributed by atoms with E-state index in [9.17, 15) is 18.4 Å². The number of aromatic nitrogens is 1. The van der Waals surface area contributed by atoms with E-state index in [-0.39, 0.29) is 30.8 Å². The lowest BCUT2D eigenvalue weighted by Gasteiger charge is -2.14. The third-order valence-electron chi connectivity index (χ3n) is 4.94. The third kappa shape index (κ3) is 2.26. The highest BCUT2D eigenvalue weighted by atomic mass is 19.2. The van der Waals surface area contributed by atoms with E-state index in [0.29, 0.717) is 28.8 Å². The number of benzene rings is 1. The maximum absolute atomic E-state index is 14.3. The molecule has 1 fully saturated rings. The van der Waals surface area contributed by atoms with Gasteiger partial charge in [-0.25, -0.2) is 13.6 Å². The average molecular weight is 334 g/mol. The van der Waals surface area contributed by atoms with E-state index >= 15 is 0 Å². The normalized spacial score (nSPS) is 17.7. The number of aromatic amines is 1. The van der Waals surface area contributed by atoms with Gasteiger partial charge in [-0.05, 0) is 36.8 Å². The molecule has 0 spiro atoms. The minimum Gasteiger partial charge on any atom is -0.465 e. The van der Waals surface area contributed by atoms with Crippen molar-refractivity contribution in [1.82, 2.24) is 9.88 Å². The van der Waals surface area contributed by atoms with E-state index in [4.69, 9.17) is 5.11 Å². The van der Waals surface area contributed by atoms with Gasteiger partial charge in [0.25, 0.3) is 0 Å². The molecule has 4 rings (SSSR count). The van der Waals surface area contributed by atoms with E-state index in [2.05, 4.69) is 4.98 Å². The average Bonchev–Trinajstić information content (AvgIpc) is 3.37. The number of fused-ring (bicyclic) bond motifs is 2.